The van der Waals surface area contributed by atoms with Gasteiger partial charge in [-0.25, -0.2) is 8.42 Å². The van der Waals surface area contributed by atoms with Crippen LogP contribution in [0.25, 0.3) is 0 Å². The highest BCUT2D eigenvalue weighted by Gasteiger charge is 2.20. The molecule has 1 fully saturated rings. The highest BCUT2D eigenvalue weighted by Crippen LogP contribution is 2.24. The van der Waals surface area contributed by atoms with Crippen molar-refractivity contribution in [1.82, 2.24) is 4.90 Å². The monoisotopic (exact) mass is 365 g/mol. The summed E-state index contributed by atoms with van der Waals surface area (Å²) in [5.74, 6) is 0.0899. The zero-order chi connectivity index (χ0) is 17.2. The highest BCUT2D eigenvalue weighted by molar-refractivity contribution is 7.94. The molecule has 1 aliphatic rings. The summed E-state index contributed by atoms with van der Waals surface area (Å²) < 4.78 is 27.5. The van der Waals surface area contributed by atoms with Crippen molar-refractivity contribution in [1.29, 1.82) is 0 Å². The van der Waals surface area contributed by atoms with Gasteiger partial charge in [0.15, 0.2) is 0 Å². The maximum atomic E-state index is 12.3. The van der Waals surface area contributed by atoms with E-state index >= 15 is 0 Å². The summed E-state index contributed by atoms with van der Waals surface area (Å²) in [7, 11) is -3.54. The normalized spacial score (nSPS) is 15.4. The lowest BCUT2D eigenvalue weighted by Crippen LogP contribution is -2.48. The smallest absolute Gasteiger partial charge is 0.271 e. The number of hydrogen-bond acceptors (Lipinski definition) is 5. The molecule has 1 N–H and O–H groups in total. The van der Waals surface area contributed by atoms with Crippen LogP contribution in [0.3, 0.4) is 0 Å². The summed E-state index contributed by atoms with van der Waals surface area (Å²) in [5.41, 5.74) is 1.49. The molecular weight excluding hydrogens is 346 g/mol. The van der Waals surface area contributed by atoms with Crippen LogP contribution in [0.15, 0.2) is 46.0 Å². The van der Waals surface area contributed by atoms with E-state index in [1.165, 1.54) is 11.3 Å². The molecule has 2 heterocycles. The second-order valence-corrected chi connectivity index (χ2v) is 8.44. The number of amides is 1. The topological polar surface area (TPSA) is 69.7 Å². The van der Waals surface area contributed by atoms with Gasteiger partial charge in [-0.15, -0.1) is 11.3 Å². The minimum atomic E-state index is -3.54. The Morgan fingerprint density at radius 1 is 1.12 bits per heavy atom. The predicted molar refractivity (Wildman–Crippen MR) is 96.0 cm³/mol. The average Bonchev–Trinajstić information content (AvgIpc) is 3.10. The fraction of sp³-hybridized carbons (Fsp3) is 0.312. The molecule has 0 bridgehead atoms. The molecule has 8 heteroatoms. The maximum Gasteiger partial charge on any atom is 0.271 e. The number of benzene rings is 1. The van der Waals surface area contributed by atoms with Crippen molar-refractivity contribution < 1.29 is 13.2 Å². The summed E-state index contributed by atoms with van der Waals surface area (Å²) in [6.07, 6.45) is 0. The first-order valence-corrected chi connectivity index (χ1v) is 9.99. The fourth-order valence-corrected chi connectivity index (χ4v) is 4.71. The Kier molecular flexibility index (Phi) is 4.77. The van der Waals surface area contributed by atoms with Crippen LogP contribution in [0.2, 0.25) is 0 Å². The van der Waals surface area contributed by atoms with Gasteiger partial charge in [0.1, 0.15) is 4.21 Å². The molecule has 2 aromatic rings. The average molecular weight is 365 g/mol. The van der Waals surface area contributed by atoms with Crippen molar-refractivity contribution in [2.75, 3.05) is 35.8 Å². The molecule has 3 rings (SSSR count). The Morgan fingerprint density at radius 2 is 1.88 bits per heavy atom. The number of carbonyl (C=O) groups excluding carboxylic acids is 1. The van der Waals surface area contributed by atoms with Crippen LogP contribution < -0.4 is 9.62 Å². The van der Waals surface area contributed by atoms with E-state index in [0.29, 0.717) is 23.0 Å². The Hall–Kier alpha value is -2.06. The van der Waals surface area contributed by atoms with Crippen molar-refractivity contribution in [2.45, 2.75) is 11.1 Å². The first kappa shape index (κ1) is 16.8. The highest BCUT2D eigenvalue weighted by atomic mass is 32.2. The van der Waals surface area contributed by atoms with Crippen molar-refractivity contribution in [3.63, 3.8) is 0 Å². The molecule has 0 atom stereocenters. The van der Waals surface area contributed by atoms with E-state index in [4.69, 9.17) is 0 Å². The number of piperazine rings is 1. The molecule has 0 saturated carbocycles. The lowest BCUT2D eigenvalue weighted by atomic mass is 10.2. The third kappa shape index (κ3) is 3.70. The zero-order valence-electron chi connectivity index (χ0n) is 13.3. The van der Waals surface area contributed by atoms with Gasteiger partial charge < -0.3 is 9.80 Å². The van der Waals surface area contributed by atoms with Crippen molar-refractivity contribution in [3.05, 3.63) is 41.8 Å². The van der Waals surface area contributed by atoms with Gasteiger partial charge in [-0.3, -0.25) is 9.52 Å². The number of nitrogens with one attached hydrogen (secondary N) is 1. The summed E-state index contributed by atoms with van der Waals surface area (Å²) in [6.45, 7) is 4.41. The summed E-state index contributed by atoms with van der Waals surface area (Å²) in [6, 6.07) is 10.6. The van der Waals surface area contributed by atoms with Gasteiger partial charge in [0.2, 0.25) is 5.91 Å². The second-order valence-electron chi connectivity index (χ2n) is 5.58. The molecular formula is C16H19N3O3S2. The van der Waals surface area contributed by atoms with Gasteiger partial charge in [0.25, 0.3) is 10.0 Å². The maximum absolute atomic E-state index is 12.3. The molecule has 0 unspecified atom stereocenters. The Morgan fingerprint density at radius 3 is 2.50 bits per heavy atom. The van der Waals surface area contributed by atoms with Gasteiger partial charge in [-0.1, -0.05) is 12.1 Å². The number of thiophene rings is 1. The number of rotatable bonds is 4. The molecule has 128 valence electrons. The number of carbonyl (C=O) groups is 1. The molecule has 1 aromatic heterocycles. The van der Waals surface area contributed by atoms with Crippen molar-refractivity contribution in [2.24, 2.45) is 0 Å². The largest absolute Gasteiger partial charge is 0.368 e. The minimum absolute atomic E-state index is 0.0899. The van der Waals surface area contributed by atoms with E-state index in [9.17, 15) is 13.2 Å². The molecule has 24 heavy (non-hydrogen) atoms. The minimum Gasteiger partial charge on any atom is -0.368 e. The van der Waals surface area contributed by atoms with E-state index in [1.807, 2.05) is 23.1 Å². The summed E-state index contributed by atoms with van der Waals surface area (Å²) in [4.78, 5) is 15.4. The summed E-state index contributed by atoms with van der Waals surface area (Å²) in [5, 5.41) is 1.74. The second kappa shape index (κ2) is 6.82. The molecule has 1 saturated heterocycles. The first-order valence-electron chi connectivity index (χ1n) is 7.62. The lowest BCUT2D eigenvalue weighted by molar-refractivity contribution is -0.129. The van der Waals surface area contributed by atoms with E-state index in [1.54, 1.807) is 30.5 Å². The van der Waals surface area contributed by atoms with E-state index in [2.05, 4.69) is 9.62 Å². The predicted octanol–water partition coefficient (Wildman–Crippen LogP) is 2.22. The van der Waals surface area contributed by atoms with Crippen molar-refractivity contribution >= 4 is 38.6 Å². The van der Waals surface area contributed by atoms with Gasteiger partial charge in [-0.2, -0.15) is 0 Å². The van der Waals surface area contributed by atoms with Crippen LogP contribution in [0.5, 0.6) is 0 Å². The number of sulfonamides is 1. The number of hydrogen-bond donors (Lipinski definition) is 1. The van der Waals surface area contributed by atoms with Crippen LogP contribution in [0, 0.1) is 0 Å². The molecule has 6 nitrogen and oxygen atoms in total. The van der Waals surface area contributed by atoms with Crippen LogP contribution in [-0.4, -0.2) is 45.4 Å². The van der Waals surface area contributed by atoms with Crippen LogP contribution in [0.4, 0.5) is 11.4 Å². The third-order valence-electron chi connectivity index (χ3n) is 3.95. The van der Waals surface area contributed by atoms with Gasteiger partial charge in [-0.05, 0) is 29.6 Å². The Balaban J connectivity index is 1.72. The summed E-state index contributed by atoms with van der Waals surface area (Å²) >= 11 is 1.19. The number of anilines is 2. The van der Waals surface area contributed by atoms with Gasteiger partial charge in [0, 0.05) is 38.8 Å². The fourth-order valence-electron chi connectivity index (χ4n) is 2.67. The van der Waals surface area contributed by atoms with Gasteiger partial charge in [0.05, 0.1) is 5.69 Å². The quantitative estimate of drug-likeness (QED) is 0.902. The zero-order valence-corrected chi connectivity index (χ0v) is 14.9. The number of nitrogens with zero attached hydrogens (tertiary/aromatic N) is 2. The molecule has 1 amide bonds. The first-order chi connectivity index (χ1) is 11.5. The standard InChI is InChI=1S/C16H19N3O3S2/c1-13(20)18-7-9-19(10-8-18)15-5-2-4-14(12-15)17-24(21,22)16-6-3-11-23-16/h2-6,11-12,17H,7-10H2,1H3. The third-order valence-corrected chi connectivity index (χ3v) is 6.73. The Labute approximate surface area is 145 Å². The van der Waals surface area contributed by atoms with E-state index in [-0.39, 0.29) is 5.91 Å². The van der Waals surface area contributed by atoms with Gasteiger partial charge >= 0.3 is 0 Å². The SMILES string of the molecule is CC(=O)N1CCN(c2cccc(NS(=O)(=O)c3cccs3)c2)CC1. The molecule has 0 radical (unpaired) electrons. The lowest BCUT2D eigenvalue weighted by Gasteiger charge is -2.35. The van der Waals surface area contributed by atoms with Crippen LogP contribution in [-0.2, 0) is 14.8 Å². The van der Waals surface area contributed by atoms with E-state index < -0.39 is 10.0 Å². The van der Waals surface area contributed by atoms with Crippen molar-refractivity contribution in [3.8, 4) is 0 Å². The molecule has 0 spiro atoms. The Bertz CT molecular complexity index is 811. The molecule has 1 aromatic carbocycles. The molecule has 0 aliphatic carbocycles. The van der Waals surface area contributed by atoms with Crippen LogP contribution >= 0.6 is 11.3 Å². The molecule has 1 aliphatic heterocycles. The van der Waals surface area contributed by atoms with E-state index in [0.717, 1.165) is 18.8 Å². The van der Waals surface area contributed by atoms with Crippen LogP contribution in [0.1, 0.15) is 6.92 Å².